The van der Waals surface area contributed by atoms with Gasteiger partial charge in [0.25, 0.3) is 5.92 Å². The number of piperidine rings is 1. The summed E-state index contributed by atoms with van der Waals surface area (Å²) in [6.07, 6.45) is -1.74. The Morgan fingerprint density at radius 2 is 2.33 bits per heavy atom. The van der Waals surface area contributed by atoms with E-state index in [0.29, 0.717) is 0 Å². The van der Waals surface area contributed by atoms with Crippen LogP contribution in [0.3, 0.4) is 0 Å². The van der Waals surface area contributed by atoms with Crippen LogP contribution in [0.5, 0.6) is 0 Å². The highest BCUT2D eigenvalue weighted by Gasteiger charge is 2.42. The van der Waals surface area contributed by atoms with Gasteiger partial charge < -0.3 is 15.7 Å². The van der Waals surface area contributed by atoms with Crippen LogP contribution in [0.15, 0.2) is 0 Å². The highest BCUT2D eigenvalue weighted by Crippen LogP contribution is 2.24. The predicted molar refractivity (Wildman–Crippen MR) is 37.4 cm³/mol. The van der Waals surface area contributed by atoms with Crippen LogP contribution in [0.2, 0.25) is 0 Å². The molecular formula is C6H10F2N2O2. The van der Waals surface area contributed by atoms with Crippen molar-refractivity contribution in [1.82, 2.24) is 10.6 Å². The van der Waals surface area contributed by atoms with Gasteiger partial charge in [-0.2, -0.15) is 0 Å². The van der Waals surface area contributed by atoms with Crippen molar-refractivity contribution in [3.8, 4) is 0 Å². The molecule has 4 nitrogen and oxygen atoms in total. The zero-order valence-corrected chi connectivity index (χ0v) is 6.31. The molecule has 0 aliphatic carbocycles. The largest absolute Gasteiger partial charge is 0.465 e. The minimum Gasteiger partial charge on any atom is -0.465 e. The molecule has 0 spiro atoms. The Hall–Kier alpha value is -0.910. The molecule has 0 aromatic heterocycles. The van der Waals surface area contributed by atoms with Gasteiger partial charge in [0.05, 0.1) is 0 Å². The van der Waals surface area contributed by atoms with Gasteiger partial charge in [-0.25, -0.2) is 13.6 Å². The molecule has 70 valence electrons. The molecule has 0 bridgehead atoms. The van der Waals surface area contributed by atoms with E-state index in [1.54, 1.807) is 5.32 Å². The molecule has 1 unspecified atom stereocenters. The van der Waals surface area contributed by atoms with Crippen molar-refractivity contribution in [2.45, 2.75) is 18.4 Å². The molecule has 1 aliphatic rings. The molecule has 3 N–H and O–H groups in total. The van der Waals surface area contributed by atoms with Gasteiger partial charge in [0.2, 0.25) is 0 Å². The number of hydrogen-bond donors (Lipinski definition) is 3. The summed E-state index contributed by atoms with van der Waals surface area (Å²) < 4.78 is 25.7. The molecular weight excluding hydrogens is 170 g/mol. The van der Waals surface area contributed by atoms with Gasteiger partial charge in [-0.15, -0.1) is 0 Å². The van der Waals surface area contributed by atoms with Crippen molar-refractivity contribution in [3.05, 3.63) is 0 Å². The van der Waals surface area contributed by atoms with Gasteiger partial charge in [0.15, 0.2) is 0 Å². The van der Waals surface area contributed by atoms with Gasteiger partial charge in [-0.3, -0.25) is 0 Å². The second kappa shape index (κ2) is 3.22. The molecule has 1 atom stereocenters. The van der Waals surface area contributed by atoms with Crippen LogP contribution in [-0.2, 0) is 0 Å². The molecule has 0 aromatic rings. The highest BCUT2D eigenvalue weighted by molar-refractivity contribution is 5.65. The second-order valence-electron chi connectivity index (χ2n) is 2.72. The van der Waals surface area contributed by atoms with Crippen molar-refractivity contribution in [3.63, 3.8) is 0 Å². The fraction of sp³-hybridized carbons (Fsp3) is 0.833. The lowest BCUT2D eigenvalue weighted by Gasteiger charge is -2.31. The summed E-state index contributed by atoms with van der Waals surface area (Å²) in [5.74, 6) is -2.93. The molecule has 0 radical (unpaired) electrons. The summed E-state index contributed by atoms with van der Waals surface area (Å²) in [6.45, 7) is 0.212. The number of carboxylic acid groups (broad SMARTS) is 1. The number of carbonyl (C=O) groups is 1. The first-order valence-electron chi connectivity index (χ1n) is 3.60. The lowest BCUT2D eigenvalue weighted by Crippen LogP contribution is -2.57. The SMILES string of the molecule is O=C(O)NC1CNCCC1(F)F. The number of nitrogens with one attached hydrogen (secondary N) is 2. The van der Waals surface area contributed by atoms with E-state index in [0.717, 1.165) is 0 Å². The summed E-state index contributed by atoms with van der Waals surface area (Å²) in [5.41, 5.74) is 0. The smallest absolute Gasteiger partial charge is 0.405 e. The molecule has 0 saturated carbocycles. The number of amides is 1. The van der Waals surface area contributed by atoms with Crippen molar-refractivity contribution in [2.24, 2.45) is 0 Å². The van der Waals surface area contributed by atoms with Crippen molar-refractivity contribution in [2.75, 3.05) is 13.1 Å². The van der Waals surface area contributed by atoms with Crippen LogP contribution in [-0.4, -0.2) is 36.3 Å². The normalized spacial score (nSPS) is 28.0. The third kappa shape index (κ3) is 2.04. The Morgan fingerprint density at radius 3 is 2.83 bits per heavy atom. The zero-order chi connectivity index (χ0) is 9.19. The Morgan fingerprint density at radius 1 is 1.67 bits per heavy atom. The first kappa shape index (κ1) is 9.18. The quantitative estimate of drug-likeness (QED) is 0.542. The van der Waals surface area contributed by atoms with E-state index in [1.807, 2.05) is 0 Å². The molecule has 1 heterocycles. The van der Waals surface area contributed by atoms with Gasteiger partial charge in [-0.1, -0.05) is 0 Å². The molecule has 1 fully saturated rings. The van der Waals surface area contributed by atoms with Crippen molar-refractivity contribution in [1.29, 1.82) is 0 Å². The van der Waals surface area contributed by atoms with E-state index in [9.17, 15) is 13.6 Å². The third-order valence-electron chi connectivity index (χ3n) is 1.79. The average Bonchev–Trinajstić information content (AvgIpc) is 1.92. The van der Waals surface area contributed by atoms with Crippen LogP contribution in [0.1, 0.15) is 6.42 Å². The van der Waals surface area contributed by atoms with Gasteiger partial charge in [0.1, 0.15) is 6.04 Å². The summed E-state index contributed by atoms with van der Waals surface area (Å²) >= 11 is 0. The van der Waals surface area contributed by atoms with E-state index in [-0.39, 0.29) is 19.5 Å². The van der Waals surface area contributed by atoms with Crippen LogP contribution < -0.4 is 10.6 Å². The van der Waals surface area contributed by atoms with E-state index < -0.39 is 18.1 Å². The monoisotopic (exact) mass is 180 g/mol. The zero-order valence-electron chi connectivity index (χ0n) is 6.31. The molecule has 1 rings (SSSR count). The van der Waals surface area contributed by atoms with Gasteiger partial charge in [0, 0.05) is 19.5 Å². The lowest BCUT2D eigenvalue weighted by molar-refractivity contribution is -0.0547. The standard InChI is InChI=1S/C6H10F2N2O2/c7-6(8)1-2-9-3-4(6)10-5(11)12/h4,9-10H,1-3H2,(H,11,12). The van der Waals surface area contributed by atoms with Crippen LogP contribution in [0, 0.1) is 0 Å². The van der Waals surface area contributed by atoms with Crippen LogP contribution >= 0.6 is 0 Å². The number of rotatable bonds is 1. The minimum absolute atomic E-state index is 0.0146. The van der Waals surface area contributed by atoms with Crippen molar-refractivity contribution >= 4 is 6.09 Å². The Bertz CT molecular complexity index is 186. The topological polar surface area (TPSA) is 61.4 Å². The van der Waals surface area contributed by atoms with Crippen LogP contribution in [0.25, 0.3) is 0 Å². The van der Waals surface area contributed by atoms with Crippen molar-refractivity contribution < 1.29 is 18.7 Å². The Balaban J connectivity index is 2.54. The Labute approximate surface area is 67.9 Å². The summed E-state index contributed by atoms with van der Waals surface area (Å²) in [6, 6.07) is -1.30. The fourth-order valence-corrected chi connectivity index (χ4v) is 1.13. The maximum Gasteiger partial charge on any atom is 0.405 e. The third-order valence-corrected chi connectivity index (χ3v) is 1.79. The molecule has 0 aromatic carbocycles. The first-order chi connectivity index (χ1) is 5.52. The number of halogens is 2. The molecule has 1 aliphatic heterocycles. The predicted octanol–water partition coefficient (Wildman–Crippen LogP) is 0.251. The summed E-state index contributed by atoms with van der Waals surface area (Å²) in [4.78, 5) is 10.1. The molecule has 1 saturated heterocycles. The fourth-order valence-electron chi connectivity index (χ4n) is 1.13. The van der Waals surface area contributed by atoms with E-state index in [4.69, 9.17) is 5.11 Å². The maximum absolute atomic E-state index is 12.9. The van der Waals surface area contributed by atoms with E-state index in [1.165, 1.54) is 0 Å². The number of hydrogen-bond acceptors (Lipinski definition) is 2. The van der Waals surface area contributed by atoms with Gasteiger partial charge in [-0.05, 0) is 0 Å². The lowest BCUT2D eigenvalue weighted by atomic mass is 10.0. The Kier molecular flexibility index (Phi) is 2.46. The minimum atomic E-state index is -2.93. The maximum atomic E-state index is 12.9. The molecule has 1 amide bonds. The molecule has 6 heteroatoms. The number of alkyl halides is 2. The average molecular weight is 180 g/mol. The highest BCUT2D eigenvalue weighted by atomic mass is 19.3. The van der Waals surface area contributed by atoms with Crippen LogP contribution in [0.4, 0.5) is 13.6 Å². The summed E-state index contributed by atoms with van der Waals surface area (Å²) in [7, 11) is 0. The molecule has 12 heavy (non-hydrogen) atoms. The second-order valence-corrected chi connectivity index (χ2v) is 2.72. The first-order valence-corrected chi connectivity index (χ1v) is 3.60. The van der Waals surface area contributed by atoms with E-state index in [2.05, 4.69) is 5.32 Å². The van der Waals surface area contributed by atoms with Gasteiger partial charge >= 0.3 is 6.09 Å². The summed E-state index contributed by atoms with van der Waals surface area (Å²) in [5, 5.41) is 12.7. The van der Waals surface area contributed by atoms with E-state index >= 15 is 0 Å².